The molecule has 25 heavy (non-hydrogen) atoms. The molecule has 0 spiro atoms. The van der Waals surface area contributed by atoms with E-state index in [9.17, 15) is 0 Å². The second kappa shape index (κ2) is 9.80. The van der Waals surface area contributed by atoms with Crippen LogP contribution in [0.4, 0.5) is 0 Å². The lowest BCUT2D eigenvalue weighted by Gasteiger charge is -2.24. The van der Waals surface area contributed by atoms with Crippen LogP contribution in [0.2, 0.25) is 5.02 Å². The Bertz CT molecular complexity index is 571. The number of aliphatic carboxylic acids is 1. The molecule has 0 radical (unpaired) electrons. The van der Waals surface area contributed by atoms with Crippen molar-refractivity contribution in [2.75, 3.05) is 19.8 Å². The first-order valence-corrected chi connectivity index (χ1v) is 8.92. The lowest BCUT2D eigenvalue weighted by atomic mass is 10.1. The number of halogens is 1. The van der Waals surface area contributed by atoms with Gasteiger partial charge in [-0.05, 0) is 43.0 Å². The van der Waals surface area contributed by atoms with Gasteiger partial charge in [-0.3, -0.25) is 4.79 Å². The quantitative estimate of drug-likeness (QED) is 0.785. The largest absolute Gasteiger partial charge is 0.488 e. The van der Waals surface area contributed by atoms with Gasteiger partial charge >= 0.3 is 0 Å². The Kier molecular flexibility index (Phi) is 7.75. The van der Waals surface area contributed by atoms with E-state index in [1.807, 2.05) is 24.3 Å². The summed E-state index contributed by atoms with van der Waals surface area (Å²) in [5.74, 6) is -0.193. The van der Waals surface area contributed by atoms with Crippen molar-refractivity contribution in [3.63, 3.8) is 0 Å². The predicted molar refractivity (Wildman–Crippen MR) is 96.0 cm³/mol. The number of ether oxygens (including phenoxy) is 3. The zero-order valence-corrected chi connectivity index (χ0v) is 15.2. The summed E-state index contributed by atoms with van der Waals surface area (Å²) < 4.78 is 17.4. The lowest BCUT2D eigenvalue weighted by molar-refractivity contribution is -0.139. The molecule has 1 aromatic carbocycles. The Morgan fingerprint density at radius 3 is 2.60 bits per heavy atom. The topological polar surface area (TPSA) is 65.0 Å². The molecule has 0 atom stereocenters. The van der Waals surface area contributed by atoms with Crippen molar-refractivity contribution in [3.8, 4) is 5.75 Å². The molecule has 138 valence electrons. The minimum absolute atomic E-state index is 0.344. The normalized spacial score (nSPS) is 19.6. The van der Waals surface area contributed by atoms with Gasteiger partial charge < -0.3 is 19.3 Å². The fourth-order valence-corrected chi connectivity index (χ4v) is 3.05. The number of rotatable bonds is 5. The van der Waals surface area contributed by atoms with Crippen molar-refractivity contribution >= 4 is 17.6 Å². The molecule has 1 aliphatic carbocycles. The molecular formula is C19H25ClO5. The van der Waals surface area contributed by atoms with E-state index in [2.05, 4.69) is 6.08 Å². The van der Waals surface area contributed by atoms with Gasteiger partial charge in [0.2, 0.25) is 5.79 Å². The van der Waals surface area contributed by atoms with Crippen LogP contribution in [0, 0.1) is 5.92 Å². The van der Waals surface area contributed by atoms with Crippen LogP contribution < -0.4 is 4.74 Å². The molecule has 0 unspecified atom stereocenters. The predicted octanol–water partition coefficient (Wildman–Crippen LogP) is 4.30. The molecule has 1 heterocycles. The van der Waals surface area contributed by atoms with E-state index in [0.717, 1.165) is 12.7 Å². The highest BCUT2D eigenvalue weighted by Crippen LogP contribution is 2.29. The summed E-state index contributed by atoms with van der Waals surface area (Å²) in [5, 5.41) is 8.08. The minimum Gasteiger partial charge on any atom is -0.488 e. The van der Waals surface area contributed by atoms with Crippen LogP contribution in [0.15, 0.2) is 36.4 Å². The third-order valence-corrected chi connectivity index (χ3v) is 4.27. The van der Waals surface area contributed by atoms with Gasteiger partial charge in [0.05, 0.1) is 13.2 Å². The van der Waals surface area contributed by atoms with Gasteiger partial charge in [-0.1, -0.05) is 36.6 Å². The summed E-state index contributed by atoms with van der Waals surface area (Å²) in [7, 11) is 0. The van der Waals surface area contributed by atoms with Crippen LogP contribution in [0.5, 0.6) is 5.75 Å². The molecule has 0 aromatic heterocycles. The average Bonchev–Trinajstić information content (AvgIpc) is 3.23. The number of benzene rings is 1. The van der Waals surface area contributed by atoms with Gasteiger partial charge in [-0.2, -0.15) is 0 Å². The summed E-state index contributed by atoms with van der Waals surface area (Å²) in [6.07, 6.45) is 9.45. The second-order valence-corrected chi connectivity index (χ2v) is 6.61. The van der Waals surface area contributed by atoms with Crippen molar-refractivity contribution < 1.29 is 24.1 Å². The first kappa shape index (κ1) is 19.8. The monoisotopic (exact) mass is 368 g/mol. The van der Waals surface area contributed by atoms with Crippen molar-refractivity contribution in [2.45, 2.75) is 38.4 Å². The van der Waals surface area contributed by atoms with Crippen LogP contribution in [-0.2, 0) is 14.3 Å². The van der Waals surface area contributed by atoms with Gasteiger partial charge in [0.15, 0.2) is 0 Å². The maximum atomic E-state index is 9.00. The number of hydrogen-bond acceptors (Lipinski definition) is 4. The third kappa shape index (κ3) is 7.06. The Morgan fingerprint density at radius 2 is 2.00 bits per heavy atom. The summed E-state index contributed by atoms with van der Waals surface area (Å²) in [6, 6.07) is 7.38. The van der Waals surface area contributed by atoms with Crippen molar-refractivity contribution in [3.05, 3.63) is 41.4 Å². The molecular weight excluding hydrogens is 344 g/mol. The molecule has 3 rings (SSSR count). The fraction of sp³-hybridized carbons (Fsp3) is 0.526. The van der Waals surface area contributed by atoms with Crippen LogP contribution in [0.25, 0.3) is 0 Å². The van der Waals surface area contributed by atoms with Crippen LogP contribution >= 0.6 is 11.6 Å². The van der Waals surface area contributed by atoms with Crippen molar-refractivity contribution in [1.82, 2.24) is 0 Å². The number of hydrogen-bond donors (Lipinski definition) is 1. The fourth-order valence-electron chi connectivity index (χ4n) is 2.87. The molecule has 0 amide bonds. The highest BCUT2D eigenvalue weighted by molar-refractivity contribution is 6.30. The van der Waals surface area contributed by atoms with Crippen molar-refractivity contribution in [1.29, 1.82) is 0 Å². The summed E-state index contributed by atoms with van der Waals surface area (Å²) >= 11 is 5.97. The van der Waals surface area contributed by atoms with Gasteiger partial charge in [0, 0.05) is 11.9 Å². The summed E-state index contributed by atoms with van der Waals surface area (Å²) in [4.78, 5) is 9.00. The number of carboxylic acid groups (broad SMARTS) is 1. The Labute approximate surface area is 153 Å². The maximum Gasteiger partial charge on any atom is 0.300 e. The third-order valence-electron chi connectivity index (χ3n) is 4.03. The smallest absolute Gasteiger partial charge is 0.300 e. The molecule has 0 bridgehead atoms. The van der Waals surface area contributed by atoms with E-state index < -0.39 is 11.8 Å². The van der Waals surface area contributed by atoms with Gasteiger partial charge in [-0.15, -0.1) is 0 Å². The van der Waals surface area contributed by atoms with Gasteiger partial charge in [0.1, 0.15) is 12.4 Å². The van der Waals surface area contributed by atoms with E-state index in [1.54, 1.807) is 6.07 Å². The highest BCUT2D eigenvalue weighted by atomic mass is 35.5. The Balaban J connectivity index is 0.000000511. The summed E-state index contributed by atoms with van der Waals surface area (Å²) in [6.45, 7) is 2.64. The van der Waals surface area contributed by atoms with E-state index in [-0.39, 0.29) is 0 Å². The van der Waals surface area contributed by atoms with E-state index in [0.29, 0.717) is 30.8 Å². The zero-order chi connectivity index (χ0) is 18.1. The molecule has 2 aliphatic rings. The molecule has 1 saturated carbocycles. The molecule has 1 aromatic rings. The van der Waals surface area contributed by atoms with Crippen LogP contribution in [-0.4, -0.2) is 36.7 Å². The molecule has 1 N–H and O–H groups in total. The number of carbonyl (C=O) groups is 1. The summed E-state index contributed by atoms with van der Waals surface area (Å²) in [5.41, 5.74) is 0. The number of allylic oxidation sites excluding steroid dienone is 1. The Hall–Kier alpha value is -1.56. The lowest BCUT2D eigenvalue weighted by Crippen LogP contribution is -2.35. The maximum absolute atomic E-state index is 9.00. The molecule has 1 saturated heterocycles. The van der Waals surface area contributed by atoms with E-state index in [4.69, 9.17) is 35.7 Å². The minimum atomic E-state index is -0.833. The van der Waals surface area contributed by atoms with E-state index in [1.165, 1.54) is 25.7 Å². The second-order valence-electron chi connectivity index (χ2n) is 6.18. The standard InChI is InChI=1S/C17H21ClO3.C2H4O2/c18-15-6-3-7-16(12-15)19-13-17(20-10-11-21-17)9-8-14-4-1-2-5-14;1-2(3)4/h3,6-9,12,14H,1-2,4-5,10-11,13H2;1H3,(H,3,4)/b9-8+;. The molecule has 5 nitrogen and oxygen atoms in total. The molecule has 2 fully saturated rings. The first-order chi connectivity index (χ1) is 12.0. The highest BCUT2D eigenvalue weighted by Gasteiger charge is 2.35. The zero-order valence-electron chi connectivity index (χ0n) is 14.4. The number of carboxylic acids is 1. The first-order valence-electron chi connectivity index (χ1n) is 8.54. The van der Waals surface area contributed by atoms with Gasteiger partial charge in [0.25, 0.3) is 5.97 Å². The Morgan fingerprint density at radius 1 is 1.36 bits per heavy atom. The van der Waals surface area contributed by atoms with E-state index >= 15 is 0 Å². The average molecular weight is 369 g/mol. The molecule has 6 heteroatoms. The molecule has 1 aliphatic heterocycles. The van der Waals surface area contributed by atoms with Crippen LogP contribution in [0.3, 0.4) is 0 Å². The van der Waals surface area contributed by atoms with Crippen LogP contribution in [0.1, 0.15) is 32.6 Å². The van der Waals surface area contributed by atoms with Crippen molar-refractivity contribution in [2.24, 2.45) is 5.92 Å². The van der Waals surface area contributed by atoms with Gasteiger partial charge in [-0.25, -0.2) is 0 Å². The SMILES string of the molecule is CC(=O)O.Clc1cccc(OCC2(/C=C/C3CCCC3)OCCO2)c1.